The van der Waals surface area contributed by atoms with E-state index in [9.17, 15) is 4.79 Å². The second kappa shape index (κ2) is 4.61. The average Bonchev–Trinajstić information content (AvgIpc) is 1.82. The fraction of sp³-hybridized carbons (Fsp3) is 0.857. The van der Waals surface area contributed by atoms with Gasteiger partial charge in [0.1, 0.15) is 0 Å². The van der Waals surface area contributed by atoms with E-state index in [0.717, 1.165) is 13.0 Å². The van der Waals surface area contributed by atoms with Crippen LogP contribution < -0.4 is 0 Å². The summed E-state index contributed by atoms with van der Waals surface area (Å²) in [6.45, 7) is 5.08. The molecule has 60 valence electrons. The van der Waals surface area contributed by atoms with Crippen LogP contribution in [0.4, 0.5) is 4.79 Å². The third kappa shape index (κ3) is 4.68. The summed E-state index contributed by atoms with van der Waals surface area (Å²) in [6, 6.07) is 0. The zero-order chi connectivity index (χ0) is 8.15. The van der Waals surface area contributed by atoms with E-state index in [1.54, 1.807) is 11.9 Å². The summed E-state index contributed by atoms with van der Waals surface area (Å²) in [6.07, 6.45) is 1.04. The number of nitrogens with zero attached hydrogens (tertiary/aromatic N) is 1. The molecule has 0 bridgehead atoms. The summed E-state index contributed by atoms with van der Waals surface area (Å²) in [5.74, 6) is 0.648. The van der Waals surface area contributed by atoms with Crippen LogP contribution in [0.3, 0.4) is 0 Å². The van der Waals surface area contributed by atoms with Crippen molar-refractivity contribution < 1.29 is 4.79 Å². The van der Waals surface area contributed by atoms with Crippen molar-refractivity contribution in [3.63, 3.8) is 0 Å². The molecule has 0 heterocycles. The second-order valence-corrected chi connectivity index (χ2v) is 3.27. The van der Waals surface area contributed by atoms with E-state index >= 15 is 0 Å². The molecule has 3 heteroatoms. The van der Waals surface area contributed by atoms with Gasteiger partial charge in [0.25, 0.3) is 5.24 Å². The van der Waals surface area contributed by atoms with Crippen molar-refractivity contribution in [3.05, 3.63) is 0 Å². The Kier molecular flexibility index (Phi) is 4.52. The predicted molar refractivity (Wildman–Crippen MR) is 46.5 cm³/mol. The molecular formula is C7H15NOS. The Morgan fingerprint density at radius 1 is 1.60 bits per heavy atom. The SMILES string of the molecule is CC(C)CCN(C)C(=O)S. The molecule has 0 saturated carbocycles. The Morgan fingerprint density at radius 2 is 2.10 bits per heavy atom. The Bertz CT molecular complexity index is 114. The van der Waals surface area contributed by atoms with Gasteiger partial charge in [0, 0.05) is 13.6 Å². The molecule has 0 aliphatic carbocycles. The third-order valence-corrected chi connectivity index (χ3v) is 1.71. The summed E-state index contributed by atoms with van der Waals surface area (Å²) in [5.41, 5.74) is 0. The van der Waals surface area contributed by atoms with Gasteiger partial charge in [0.15, 0.2) is 0 Å². The third-order valence-electron chi connectivity index (χ3n) is 1.37. The van der Waals surface area contributed by atoms with Crippen molar-refractivity contribution in [2.24, 2.45) is 5.92 Å². The first-order valence-electron chi connectivity index (χ1n) is 3.48. The highest BCUT2D eigenvalue weighted by molar-refractivity contribution is 7.96. The minimum Gasteiger partial charge on any atom is -0.337 e. The van der Waals surface area contributed by atoms with E-state index in [1.807, 2.05) is 0 Å². The van der Waals surface area contributed by atoms with Crippen LogP contribution in [0, 0.1) is 5.92 Å². The van der Waals surface area contributed by atoms with Crippen molar-refractivity contribution in [1.29, 1.82) is 0 Å². The summed E-state index contributed by atoms with van der Waals surface area (Å²) < 4.78 is 0. The Hall–Kier alpha value is -0.180. The lowest BCUT2D eigenvalue weighted by Gasteiger charge is -2.14. The van der Waals surface area contributed by atoms with E-state index in [1.165, 1.54) is 0 Å². The van der Waals surface area contributed by atoms with Gasteiger partial charge in [-0.05, 0) is 12.3 Å². The number of hydrogen-bond donors (Lipinski definition) is 1. The highest BCUT2D eigenvalue weighted by Crippen LogP contribution is 2.01. The van der Waals surface area contributed by atoms with E-state index in [4.69, 9.17) is 0 Å². The largest absolute Gasteiger partial charge is 0.337 e. The Labute approximate surface area is 68.0 Å². The molecule has 0 N–H and O–H groups in total. The van der Waals surface area contributed by atoms with Gasteiger partial charge in [-0.15, -0.1) is 0 Å². The average molecular weight is 161 g/mol. The minimum absolute atomic E-state index is 0.152. The van der Waals surface area contributed by atoms with Crippen molar-refractivity contribution in [1.82, 2.24) is 4.90 Å². The van der Waals surface area contributed by atoms with E-state index in [-0.39, 0.29) is 5.24 Å². The van der Waals surface area contributed by atoms with Gasteiger partial charge in [-0.3, -0.25) is 4.79 Å². The fourth-order valence-corrected chi connectivity index (χ4v) is 0.647. The molecule has 10 heavy (non-hydrogen) atoms. The van der Waals surface area contributed by atoms with Crippen molar-refractivity contribution >= 4 is 17.9 Å². The molecule has 0 aromatic heterocycles. The van der Waals surface area contributed by atoms with Crippen molar-refractivity contribution in [2.75, 3.05) is 13.6 Å². The Balaban J connectivity index is 3.40. The van der Waals surface area contributed by atoms with Crippen molar-refractivity contribution in [2.45, 2.75) is 20.3 Å². The summed E-state index contributed by atoms with van der Waals surface area (Å²) in [7, 11) is 1.76. The molecule has 2 nitrogen and oxygen atoms in total. The number of thiol groups is 1. The number of amides is 1. The first-order chi connectivity index (χ1) is 4.54. The molecule has 0 rings (SSSR count). The minimum atomic E-state index is -0.152. The lowest BCUT2D eigenvalue weighted by molar-refractivity contribution is 0.231. The van der Waals surface area contributed by atoms with Crippen LogP contribution >= 0.6 is 12.6 Å². The van der Waals surface area contributed by atoms with Crippen LogP contribution in [-0.2, 0) is 0 Å². The zero-order valence-corrected chi connectivity index (χ0v) is 7.69. The summed E-state index contributed by atoms with van der Waals surface area (Å²) >= 11 is 3.68. The molecule has 0 aromatic carbocycles. The van der Waals surface area contributed by atoms with Crippen molar-refractivity contribution in [3.8, 4) is 0 Å². The molecule has 0 radical (unpaired) electrons. The molecule has 0 fully saturated rings. The molecule has 0 aromatic rings. The maximum atomic E-state index is 10.5. The normalized spacial score (nSPS) is 10.1. The number of rotatable bonds is 3. The van der Waals surface area contributed by atoms with Crippen LogP contribution in [-0.4, -0.2) is 23.7 Å². The standard InChI is InChI=1S/C7H15NOS/c1-6(2)4-5-8(3)7(9)10/h6H,4-5H2,1-3H3,(H,9,10). The van der Waals surface area contributed by atoms with Crippen LogP contribution in [0.2, 0.25) is 0 Å². The molecule has 0 aliphatic heterocycles. The van der Waals surface area contributed by atoms with Crippen LogP contribution in [0.5, 0.6) is 0 Å². The maximum Gasteiger partial charge on any atom is 0.278 e. The quantitative estimate of drug-likeness (QED) is 0.628. The lowest BCUT2D eigenvalue weighted by Crippen LogP contribution is -2.23. The number of carbonyl (C=O) groups excluding carboxylic acids is 1. The Morgan fingerprint density at radius 3 is 2.40 bits per heavy atom. The maximum absolute atomic E-state index is 10.5. The molecule has 0 spiro atoms. The van der Waals surface area contributed by atoms with E-state index < -0.39 is 0 Å². The van der Waals surface area contributed by atoms with E-state index in [0.29, 0.717) is 5.92 Å². The monoisotopic (exact) mass is 161 g/mol. The van der Waals surface area contributed by atoms with Crippen LogP contribution in [0.1, 0.15) is 20.3 Å². The van der Waals surface area contributed by atoms with Gasteiger partial charge < -0.3 is 4.90 Å². The highest BCUT2D eigenvalue weighted by atomic mass is 32.1. The fourth-order valence-electron chi connectivity index (χ4n) is 0.547. The van der Waals surface area contributed by atoms with Crippen LogP contribution in [0.25, 0.3) is 0 Å². The van der Waals surface area contributed by atoms with Crippen LogP contribution in [0.15, 0.2) is 0 Å². The number of hydrogen-bond acceptors (Lipinski definition) is 1. The van der Waals surface area contributed by atoms with Gasteiger partial charge in [-0.1, -0.05) is 26.5 Å². The molecule has 1 amide bonds. The van der Waals surface area contributed by atoms with Gasteiger partial charge in [-0.2, -0.15) is 0 Å². The highest BCUT2D eigenvalue weighted by Gasteiger charge is 2.02. The van der Waals surface area contributed by atoms with E-state index in [2.05, 4.69) is 26.5 Å². The molecule has 0 atom stereocenters. The van der Waals surface area contributed by atoms with Gasteiger partial charge in [0.2, 0.25) is 0 Å². The van der Waals surface area contributed by atoms with Gasteiger partial charge in [-0.25, -0.2) is 0 Å². The topological polar surface area (TPSA) is 20.3 Å². The zero-order valence-electron chi connectivity index (χ0n) is 6.79. The van der Waals surface area contributed by atoms with Gasteiger partial charge in [0.05, 0.1) is 0 Å². The van der Waals surface area contributed by atoms with Gasteiger partial charge >= 0.3 is 0 Å². The summed E-state index contributed by atoms with van der Waals surface area (Å²) in [5, 5.41) is -0.152. The molecular weight excluding hydrogens is 146 g/mol. The molecule has 0 saturated heterocycles. The molecule has 0 unspecified atom stereocenters. The lowest BCUT2D eigenvalue weighted by atomic mass is 10.1. The summed E-state index contributed by atoms with van der Waals surface area (Å²) in [4.78, 5) is 12.2. The first-order valence-corrected chi connectivity index (χ1v) is 3.92. The second-order valence-electron chi connectivity index (χ2n) is 2.89. The first kappa shape index (κ1) is 9.82. The molecule has 0 aliphatic rings. The predicted octanol–water partition coefficient (Wildman–Crippen LogP) is 2.01. The smallest absolute Gasteiger partial charge is 0.278 e. The number of carbonyl (C=O) groups is 1.